The van der Waals surface area contributed by atoms with Gasteiger partial charge in [-0.05, 0) is 32.0 Å². The zero-order chi connectivity index (χ0) is 19.8. The Morgan fingerprint density at radius 1 is 1.44 bits per heavy atom. The van der Waals surface area contributed by atoms with Crippen LogP contribution >= 0.6 is 31.9 Å². The Kier molecular flexibility index (Phi) is 6.16. The van der Waals surface area contributed by atoms with Gasteiger partial charge in [0.25, 0.3) is 0 Å². The summed E-state index contributed by atoms with van der Waals surface area (Å²) in [6.07, 6.45) is -0.888. The van der Waals surface area contributed by atoms with Gasteiger partial charge in [0.05, 0.1) is 24.2 Å². The van der Waals surface area contributed by atoms with Crippen LogP contribution in [-0.2, 0) is 4.79 Å². The largest absolute Gasteiger partial charge is 0.485 e. The van der Waals surface area contributed by atoms with Crippen LogP contribution in [0.5, 0.6) is 5.75 Å². The maximum atomic E-state index is 12.9. The van der Waals surface area contributed by atoms with Crippen LogP contribution in [0.1, 0.15) is 31.0 Å². The second kappa shape index (κ2) is 8.08. The number of aliphatic hydroxyl groups excluding tert-OH is 1. The van der Waals surface area contributed by atoms with Crippen LogP contribution in [0.15, 0.2) is 18.2 Å². The lowest BCUT2D eigenvalue weighted by Gasteiger charge is -2.48. The van der Waals surface area contributed by atoms with Crippen LogP contribution in [0, 0.1) is 11.3 Å². The molecule has 1 saturated heterocycles. The highest BCUT2D eigenvalue weighted by molar-refractivity contribution is 9.12. The number of carbonyl (C=O) groups excluding carboxylic acids is 1. The lowest BCUT2D eigenvalue weighted by atomic mass is 9.84. The summed E-state index contributed by atoms with van der Waals surface area (Å²) in [5, 5.41) is 21.1. The van der Waals surface area contributed by atoms with E-state index >= 15 is 0 Å². The number of nitrogens with zero attached hydrogens (tertiary/aromatic N) is 3. The summed E-state index contributed by atoms with van der Waals surface area (Å²) in [5.74, 6) is 0.593. The van der Waals surface area contributed by atoms with E-state index in [0.29, 0.717) is 30.0 Å². The highest BCUT2D eigenvalue weighted by atomic mass is 79.9. The Balaban J connectivity index is 1.89. The fourth-order valence-electron chi connectivity index (χ4n) is 3.69. The number of alkyl halides is 2. The van der Waals surface area contributed by atoms with E-state index in [1.165, 1.54) is 0 Å². The Morgan fingerprint density at radius 2 is 2.19 bits per heavy atom. The van der Waals surface area contributed by atoms with Crippen LogP contribution in [0.25, 0.3) is 0 Å². The average Bonchev–Trinajstić information content (AvgIpc) is 2.63. The molecule has 0 radical (unpaired) electrons. The molecule has 1 fully saturated rings. The summed E-state index contributed by atoms with van der Waals surface area (Å²) >= 11 is 7.03. The Morgan fingerprint density at radius 3 is 2.81 bits per heavy atom. The van der Waals surface area contributed by atoms with E-state index in [-0.39, 0.29) is 10.7 Å². The van der Waals surface area contributed by atoms with Crippen LogP contribution in [0.2, 0.25) is 0 Å². The van der Waals surface area contributed by atoms with Gasteiger partial charge in [0.1, 0.15) is 17.5 Å². The van der Waals surface area contributed by atoms with Crippen molar-refractivity contribution in [3.05, 3.63) is 29.3 Å². The minimum atomic E-state index is -0.888. The quantitative estimate of drug-likeness (QED) is 0.642. The van der Waals surface area contributed by atoms with Crippen LogP contribution in [0.4, 0.5) is 0 Å². The molecule has 1 aromatic rings. The maximum Gasteiger partial charge on any atom is 0.237 e. The first-order chi connectivity index (χ1) is 12.8. The number of halogens is 2. The Hall–Kier alpha value is -1.14. The third-order valence-electron chi connectivity index (χ3n) is 5.14. The molecule has 27 heavy (non-hydrogen) atoms. The molecular formula is C19H23Br2N3O3. The van der Waals surface area contributed by atoms with Crippen molar-refractivity contribution in [2.75, 3.05) is 31.5 Å². The number of nitriles is 1. The van der Waals surface area contributed by atoms with E-state index in [0.717, 1.165) is 18.4 Å². The smallest absolute Gasteiger partial charge is 0.237 e. The first-order valence-electron chi connectivity index (χ1n) is 8.90. The monoisotopic (exact) mass is 499 g/mol. The van der Waals surface area contributed by atoms with Gasteiger partial charge in [-0.15, -0.1) is 0 Å². The third-order valence-corrected chi connectivity index (χ3v) is 7.40. The molecule has 2 aliphatic rings. The number of ether oxygens (including phenoxy) is 1. The highest BCUT2D eigenvalue weighted by Gasteiger charge is 2.47. The van der Waals surface area contributed by atoms with Crippen molar-refractivity contribution >= 4 is 37.8 Å². The number of hydrogen-bond acceptors (Lipinski definition) is 5. The van der Waals surface area contributed by atoms with Crippen LogP contribution < -0.4 is 4.74 Å². The number of piperazine rings is 1. The van der Waals surface area contributed by atoms with Crippen molar-refractivity contribution in [1.29, 1.82) is 5.26 Å². The lowest BCUT2D eigenvalue weighted by Crippen LogP contribution is -2.59. The number of rotatable bonds is 4. The van der Waals surface area contributed by atoms with Gasteiger partial charge < -0.3 is 14.7 Å². The molecule has 1 amide bonds. The predicted molar refractivity (Wildman–Crippen MR) is 109 cm³/mol. The van der Waals surface area contributed by atoms with Gasteiger partial charge in [-0.3, -0.25) is 9.69 Å². The van der Waals surface area contributed by atoms with Crippen molar-refractivity contribution in [3.63, 3.8) is 0 Å². The van der Waals surface area contributed by atoms with Crippen LogP contribution in [0.3, 0.4) is 0 Å². The van der Waals surface area contributed by atoms with Gasteiger partial charge in [-0.2, -0.15) is 5.26 Å². The fraction of sp³-hybridized carbons (Fsp3) is 0.579. The second-order valence-corrected chi connectivity index (χ2v) is 9.48. The van der Waals surface area contributed by atoms with Gasteiger partial charge in [-0.25, -0.2) is 0 Å². The summed E-state index contributed by atoms with van der Waals surface area (Å²) in [7, 11) is 0. The van der Waals surface area contributed by atoms with E-state index in [2.05, 4.69) is 42.8 Å². The molecule has 0 aromatic heterocycles. The zero-order valence-electron chi connectivity index (χ0n) is 15.4. The molecule has 8 heteroatoms. The van der Waals surface area contributed by atoms with Gasteiger partial charge >= 0.3 is 0 Å². The summed E-state index contributed by atoms with van der Waals surface area (Å²) < 4.78 is 5.96. The normalized spacial score (nSPS) is 26.1. The van der Waals surface area contributed by atoms with Gasteiger partial charge in [0, 0.05) is 35.4 Å². The predicted octanol–water partition coefficient (Wildman–Crippen LogP) is 2.43. The standard InChI is InChI=1S/C19H23Br2N3O3/c1-19(2)18(26)17(14-7-12(9-22)3-4-15(14)27-19)24-6-5-23(11-16(24)25)10-13(21)8-20/h3-4,7,13,17-18,26H,5-6,8,10-11H2,1-2H3/t13?,17-,18+/m1/s1. The average molecular weight is 501 g/mol. The molecule has 0 aliphatic carbocycles. The summed E-state index contributed by atoms with van der Waals surface area (Å²) in [6, 6.07) is 6.76. The number of benzene rings is 1. The summed E-state index contributed by atoms with van der Waals surface area (Å²) in [5.41, 5.74) is 0.349. The molecule has 0 spiro atoms. The Labute approximate surface area is 176 Å². The number of aliphatic hydroxyl groups is 1. The molecule has 1 aromatic carbocycles. The molecule has 0 bridgehead atoms. The molecule has 146 valence electrons. The van der Waals surface area contributed by atoms with E-state index in [9.17, 15) is 15.2 Å². The van der Waals surface area contributed by atoms with Gasteiger partial charge in [-0.1, -0.05) is 31.9 Å². The highest BCUT2D eigenvalue weighted by Crippen LogP contribution is 2.43. The number of carbonyl (C=O) groups is 1. The first-order valence-corrected chi connectivity index (χ1v) is 10.9. The Bertz CT molecular complexity index is 765. The molecule has 2 aliphatic heterocycles. The minimum absolute atomic E-state index is 0.0226. The number of hydrogen-bond donors (Lipinski definition) is 1. The fourth-order valence-corrected chi connectivity index (χ4v) is 4.30. The van der Waals surface area contributed by atoms with Gasteiger partial charge in [0.15, 0.2) is 0 Å². The van der Waals surface area contributed by atoms with Crippen molar-refractivity contribution in [2.45, 2.75) is 36.4 Å². The van der Waals surface area contributed by atoms with Crippen molar-refractivity contribution in [3.8, 4) is 11.8 Å². The molecule has 3 atom stereocenters. The number of amides is 1. The topological polar surface area (TPSA) is 76.8 Å². The van der Waals surface area contributed by atoms with E-state index in [1.807, 2.05) is 13.8 Å². The zero-order valence-corrected chi connectivity index (χ0v) is 18.5. The molecular weight excluding hydrogens is 478 g/mol. The number of fused-ring (bicyclic) bond motifs is 1. The van der Waals surface area contributed by atoms with Crippen molar-refractivity contribution in [1.82, 2.24) is 9.80 Å². The van der Waals surface area contributed by atoms with Gasteiger partial charge in [0.2, 0.25) is 5.91 Å². The maximum absolute atomic E-state index is 12.9. The lowest BCUT2D eigenvalue weighted by molar-refractivity contribution is -0.150. The molecule has 1 unspecified atom stereocenters. The molecule has 6 nitrogen and oxygen atoms in total. The minimum Gasteiger partial charge on any atom is -0.485 e. The molecule has 2 heterocycles. The summed E-state index contributed by atoms with van der Waals surface area (Å²) in [4.78, 5) is 17.1. The van der Waals surface area contributed by atoms with E-state index in [1.54, 1.807) is 23.1 Å². The van der Waals surface area contributed by atoms with Crippen LogP contribution in [-0.4, -0.2) is 68.9 Å². The molecule has 0 saturated carbocycles. The van der Waals surface area contributed by atoms with Crippen molar-refractivity contribution < 1.29 is 14.6 Å². The SMILES string of the molecule is CC1(C)Oc2ccc(C#N)cc2[C@@H](N2CCN(CC(Br)CBr)CC2=O)[C@@H]1O. The third kappa shape index (κ3) is 4.16. The molecule has 3 rings (SSSR count). The first kappa shape index (κ1) is 20.6. The van der Waals surface area contributed by atoms with E-state index < -0.39 is 17.7 Å². The molecule has 1 N–H and O–H groups in total. The summed E-state index contributed by atoms with van der Waals surface area (Å²) in [6.45, 7) is 5.98. The second-order valence-electron chi connectivity index (χ2n) is 7.53. The van der Waals surface area contributed by atoms with Crippen molar-refractivity contribution in [2.24, 2.45) is 0 Å². The van der Waals surface area contributed by atoms with E-state index in [4.69, 9.17) is 4.74 Å².